The first-order chi connectivity index (χ1) is 13.5. The lowest BCUT2D eigenvalue weighted by Gasteiger charge is -2.42. The van der Waals surface area contributed by atoms with E-state index in [-0.39, 0.29) is 16.0 Å². The van der Waals surface area contributed by atoms with Crippen molar-refractivity contribution in [1.29, 1.82) is 0 Å². The van der Waals surface area contributed by atoms with Crippen molar-refractivity contribution >= 4 is 22.5 Å². The monoisotopic (exact) mass is 451 g/mol. The fourth-order valence-corrected chi connectivity index (χ4v) is 5.47. The minimum Gasteiger partial charge on any atom is -0.406 e. The van der Waals surface area contributed by atoms with Crippen LogP contribution in [0.3, 0.4) is 0 Å². The zero-order chi connectivity index (χ0) is 23.1. The highest BCUT2D eigenvalue weighted by Gasteiger charge is 2.55. The number of likely N-dealkylation sites (tertiary alicyclic amines) is 1. The number of carbonyl (C=O) groups is 1. The second-order valence-electron chi connectivity index (χ2n) is 11.5. The third-order valence-electron chi connectivity index (χ3n) is 7.10. The van der Waals surface area contributed by atoms with E-state index in [1.165, 1.54) is 4.90 Å². The minimum atomic E-state index is -2.25. The maximum Gasteiger partial charge on any atom is 0.255 e. The largest absolute Gasteiger partial charge is 0.406 e. The molecule has 1 aliphatic heterocycles. The van der Waals surface area contributed by atoms with Crippen LogP contribution in [0.2, 0.25) is 36.3 Å². The molecule has 1 unspecified atom stereocenters. The Morgan fingerprint density at radius 3 is 1.83 bits per heavy atom. The van der Waals surface area contributed by atoms with Crippen LogP contribution in [-0.4, -0.2) is 51.0 Å². The fraction of sp³-hybridized carbons (Fsp3) is 0.696. The lowest BCUT2D eigenvalue weighted by molar-refractivity contribution is -0.138. The minimum absolute atomic E-state index is 0.0376. The summed E-state index contributed by atoms with van der Waals surface area (Å²) < 4.78 is 13.2. The Kier molecular flexibility index (Phi) is 7.16. The number of hydrogen-bond acceptors (Lipinski definition) is 4. The second kappa shape index (κ2) is 8.50. The normalized spacial score (nSPS) is 23.9. The lowest BCUT2D eigenvalue weighted by Crippen LogP contribution is -2.53. The molecule has 3 atom stereocenters. The highest BCUT2D eigenvalue weighted by Crippen LogP contribution is 2.43. The molecule has 0 bridgehead atoms. The molecule has 0 radical (unpaired) electrons. The number of amides is 1. The third kappa shape index (κ3) is 5.24. The van der Waals surface area contributed by atoms with Crippen LogP contribution in [0, 0.1) is 0 Å². The summed E-state index contributed by atoms with van der Waals surface area (Å²) in [5, 5.41) is 11.1. The van der Waals surface area contributed by atoms with Gasteiger partial charge in [0.05, 0.1) is 0 Å². The van der Waals surface area contributed by atoms with Crippen molar-refractivity contribution in [3.05, 3.63) is 35.9 Å². The first kappa shape index (κ1) is 25.3. The summed E-state index contributed by atoms with van der Waals surface area (Å²) in [6.45, 7) is 21.8. The van der Waals surface area contributed by atoms with Gasteiger partial charge in [-0.1, -0.05) is 71.9 Å². The Bertz CT molecular complexity index is 738. The molecule has 1 N–H and O–H groups in total. The number of rotatable bonds is 6. The summed E-state index contributed by atoms with van der Waals surface area (Å²) in [4.78, 5) is 15.0. The number of hydrogen-bond donors (Lipinski definition) is 1. The molecular formula is C23H41NO4Si2. The van der Waals surface area contributed by atoms with Gasteiger partial charge in [0, 0.05) is 6.54 Å². The van der Waals surface area contributed by atoms with E-state index < -0.39 is 35.1 Å². The maximum absolute atomic E-state index is 13.5. The van der Waals surface area contributed by atoms with E-state index in [1.54, 1.807) is 0 Å². The van der Waals surface area contributed by atoms with Gasteiger partial charge in [-0.3, -0.25) is 4.79 Å². The number of benzene rings is 1. The molecule has 7 heteroatoms. The number of carbonyl (C=O) groups excluding carboxylic acids is 1. The van der Waals surface area contributed by atoms with Gasteiger partial charge in [0.2, 0.25) is 0 Å². The molecule has 0 spiro atoms. The van der Waals surface area contributed by atoms with Crippen molar-refractivity contribution in [3.63, 3.8) is 0 Å². The first-order valence-electron chi connectivity index (χ1n) is 10.9. The predicted octanol–water partition coefficient (Wildman–Crippen LogP) is 5.13. The van der Waals surface area contributed by atoms with E-state index in [0.717, 1.165) is 5.56 Å². The third-order valence-corrected chi connectivity index (χ3v) is 16.0. The molecule has 1 heterocycles. The van der Waals surface area contributed by atoms with Crippen LogP contribution >= 0.6 is 0 Å². The van der Waals surface area contributed by atoms with Crippen molar-refractivity contribution in [1.82, 2.24) is 4.90 Å². The Hall–Kier alpha value is -0.996. The molecule has 2 rings (SSSR count). The second-order valence-corrected chi connectivity index (χ2v) is 21.0. The smallest absolute Gasteiger partial charge is 0.255 e. The number of aliphatic hydroxyl groups is 1. The zero-order valence-corrected chi connectivity index (χ0v) is 22.4. The van der Waals surface area contributed by atoms with Crippen LogP contribution in [0.4, 0.5) is 0 Å². The summed E-state index contributed by atoms with van der Waals surface area (Å²) in [7, 11) is -4.48. The van der Waals surface area contributed by atoms with E-state index in [9.17, 15) is 9.90 Å². The molecule has 0 aromatic heterocycles. The molecule has 5 nitrogen and oxygen atoms in total. The van der Waals surface area contributed by atoms with Gasteiger partial charge in [-0.25, -0.2) is 0 Å². The highest BCUT2D eigenvalue weighted by molar-refractivity contribution is 6.74. The average molecular weight is 452 g/mol. The van der Waals surface area contributed by atoms with E-state index >= 15 is 0 Å². The van der Waals surface area contributed by atoms with E-state index in [2.05, 4.69) is 67.7 Å². The topological polar surface area (TPSA) is 59.0 Å². The van der Waals surface area contributed by atoms with E-state index in [1.807, 2.05) is 30.3 Å². The Morgan fingerprint density at radius 1 is 0.900 bits per heavy atom. The van der Waals surface area contributed by atoms with Gasteiger partial charge in [-0.15, -0.1) is 0 Å². The van der Waals surface area contributed by atoms with Gasteiger partial charge in [-0.2, -0.15) is 0 Å². The van der Waals surface area contributed by atoms with Crippen LogP contribution in [0.1, 0.15) is 47.1 Å². The van der Waals surface area contributed by atoms with Crippen LogP contribution in [0.5, 0.6) is 0 Å². The van der Waals surface area contributed by atoms with Gasteiger partial charge >= 0.3 is 0 Å². The molecule has 1 saturated heterocycles. The van der Waals surface area contributed by atoms with Crippen LogP contribution in [-0.2, 0) is 20.2 Å². The van der Waals surface area contributed by atoms with Crippen LogP contribution in [0.15, 0.2) is 30.3 Å². The van der Waals surface area contributed by atoms with Crippen LogP contribution in [0.25, 0.3) is 0 Å². The maximum atomic E-state index is 13.5. The Morgan fingerprint density at radius 2 is 1.37 bits per heavy atom. The molecule has 0 saturated carbocycles. The van der Waals surface area contributed by atoms with Crippen molar-refractivity contribution in [3.8, 4) is 0 Å². The first-order valence-corrected chi connectivity index (χ1v) is 16.7. The van der Waals surface area contributed by atoms with Crippen molar-refractivity contribution in [2.24, 2.45) is 0 Å². The lowest BCUT2D eigenvalue weighted by atomic mass is 10.2. The molecule has 1 aliphatic rings. The summed E-state index contributed by atoms with van der Waals surface area (Å²) in [6.07, 6.45) is -2.49. The van der Waals surface area contributed by atoms with Gasteiger partial charge in [0.15, 0.2) is 29.0 Å². The van der Waals surface area contributed by atoms with E-state index in [4.69, 9.17) is 8.85 Å². The molecular weight excluding hydrogens is 410 g/mol. The van der Waals surface area contributed by atoms with Gasteiger partial charge < -0.3 is 18.9 Å². The fourth-order valence-electron chi connectivity index (χ4n) is 2.97. The molecule has 0 aliphatic carbocycles. The molecule has 1 fully saturated rings. The molecule has 1 aromatic rings. The molecule has 1 aromatic carbocycles. The Labute approximate surface area is 185 Å². The van der Waals surface area contributed by atoms with Gasteiger partial charge in [0.1, 0.15) is 6.10 Å². The molecule has 30 heavy (non-hydrogen) atoms. The average Bonchev–Trinajstić information content (AvgIpc) is 2.78. The summed E-state index contributed by atoms with van der Waals surface area (Å²) in [6, 6.07) is 9.75. The zero-order valence-electron chi connectivity index (χ0n) is 20.4. The van der Waals surface area contributed by atoms with E-state index in [0.29, 0.717) is 6.54 Å². The quantitative estimate of drug-likeness (QED) is 0.609. The summed E-state index contributed by atoms with van der Waals surface area (Å²) in [5.41, 5.74) is 0.976. The van der Waals surface area contributed by atoms with Crippen LogP contribution < -0.4 is 0 Å². The Balaban J connectivity index is 2.39. The standard InChI is InChI=1S/C23H41NO4Si2/c1-22(2,3)29(7,8)27-18-19(28-30(9,10)23(4,5)6)21(26)24(20(18)25)16-17-14-12-11-13-15-17/h11-15,18-20,25H,16H2,1-10H3/t18-,19-,20?/m1/s1. The van der Waals surface area contributed by atoms with Crippen molar-refractivity contribution in [2.75, 3.05) is 0 Å². The molecule has 170 valence electrons. The van der Waals surface area contributed by atoms with Gasteiger partial charge in [-0.05, 0) is 41.8 Å². The highest BCUT2D eigenvalue weighted by atomic mass is 28.4. The predicted molar refractivity (Wildman–Crippen MR) is 127 cm³/mol. The van der Waals surface area contributed by atoms with Gasteiger partial charge in [0.25, 0.3) is 5.91 Å². The SMILES string of the molecule is CC(C)(C)[Si](C)(C)O[C@H]1C(=O)N(Cc2ccccc2)C(O)[C@@H]1O[Si](C)(C)C(C)(C)C. The summed E-state index contributed by atoms with van der Waals surface area (Å²) >= 11 is 0. The van der Waals surface area contributed by atoms with Crippen molar-refractivity contribution < 1.29 is 18.8 Å². The van der Waals surface area contributed by atoms with Crippen molar-refractivity contribution in [2.45, 2.75) is 103 Å². The summed E-state index contributed by atoms with van der Waals surface area (Å²) in [5.74, 6) is -0.181. The number of nitrogens with zero attached hydrogens (tertiary/aromatic N) is 1. The number of aliphatic hydroxyl groups excluding tert-OH is 1. The molecule has 1 amide bonds.